The third-order valence-corrected chi connectivity index (χ3v) is 3.47. The zero-order valence-corrected chi connectivity index (χ0v) is 13.4. The Bertz CT molecular complexity index is 605. The molecule has 0 saturated heterocycles. The second kappa shape index (κ2) is 7.64. The van der Waals surface area contributed by atoms with Crippen LogP contribution in [0.15, 0.2) is 36.7 Å². The van der Waals surface area contributed by atoms with Crippen LogP contribution in [-0.2, 0) is 6.54 Å². The molecule has 22 heavy (non-hydrogen) atoms. The second-order valence-corrected chi connectivity index (χ2v) is 5.40. The molecular weight excluding hydrogens is 278 g/mol. The first-order valence-electron chi connectivity index (χ1n) is 7.59. The first kappa shape index (κ1) is 16.1. The van der Waals surface area contributed by atoms with Crippen LogP contribution in [0.5, 0.6) is 5.75 Å². The summed E-state index contributed by atoms with van der Waals surface area (Å²) in [6, 6.07) is 7.20. The standard InChI is InChI=1S/C17H23N3O2/c1-4-22-16-7-5-15(6-8-16)17(21)19-11-13(2)12-20-10-9-18-14(20)3/h5-10,13H,4,11-12H2,1-3H3,(H,19,21). The molecule has 1 heterocycles. The number of carbonyl (C=O) groups is 1. The minimum Gasteiger partial charge on any atom is -0.494 e. The fourth-order valence-electron chi connectivity index (χ4n) is 2.24. The number of rotatable bonds is 7. The summed E-state index contributed by atoms with van der Waals surface area (Å²) >= 11 is 0. The molecule has 0 bridgehead atoms. The molecule has 2 aromatic rings. The van der Waals surface area contributed by atoms with Crippen LogP contribution in [0.4, 0.5) is 0 Å². The van der Waals surface area contributed by atoms with Gasteiger partial charge < -0.3 is 14.6 Å². The quantitative estimate of drug-likeness (QED) is 0.855. The summed E-state index contributed by atoms with van der Waals surface area (Å²) in [5.74, 6) is 2.05. The van der Waals surface area contributed by atoms with Crippen molar-refractivity contribution in [1.82, 2.24) is 14.9 Å². The maximum atomic E-state index is 12.1. The molecule has 0 aliphatic rings. The van der Waals surface area contributed by atoms with Crippen molar-refractivity contribution < 1.29 is 9.53 Å². The highest BCUT2D eigenvalue weighted by Gasteiger charge is 2.09. The Morgan fingerprint density at radius 3 is 2.68 bits per heavy atom. The SMILES string of the molecule is CCOc1ccc(C(=O)NCC(C)Cn2ccnc2C)cc1. The third kappa shape index (κ3) is 4.35. The van der Waals surface area contributed by atoms with Crippen molar-refractivity contribution in [2.24, 2.45) is 5.92 Å². The smallest absolute Gasteiger partial charge is 0.251 e. The zero-order chi connectivity index (χ0) is 15.9. The van der Waals surface area contributed by atoms with E-state index in [2.05, 4.69) is 21.8 Å². The van der Waals surface area contributed by atoms with E-state index < -0.39 is 0 Å². The normalized spacial score (nSPS) is 12.0. The van der Waals surface area contributed by atoms with Gasteiger partial charge in [-0.2, -0.15) is 0 Å². The van der Waals surface area contributed by atoms with Crippen molar-refractivity contribution in [2.45, 2.75) is 27.3 Å². The monoisotopic (exact) mass is 301 g/mol. The predicted molar refractivity (Wildman–Crippen MR) is 86.1 cm³/mol. The van der Waals surface area contributed by atoms with Gasteiger partial charge >= 0.3 is 0 Å². The lowest BCUT2D eigenvalue weighted by Crippen LogP contribution is -2.30. The molecule has 1 unspecified atom stereocenters. The van der Waals surface area contributed by atoms with Gasteiger partial charge in [0, 0.05) is 31.0 Å². The van der Waals surface area contributed by atoms with Gasteiger partial charge in [-0.05, 0) is 44.0 Å². The Morgan fingerprint density at radius 1 is 1.36 bits per heavy atom. The summed E-state index contributed by atoms with van der Waals surface area (Å²) in [4.78, 5) is 16.3. The highest BCUT2D eigenvalue weighted by Crippen LogP contribution is 2.12. The van der Waals surface area contributed by atoms with Gasteiger partial charge in [-0.1, -0.05) is 6.92 Å². The average molecular weight is 301 g/mol. The van der Waals surface area contributed by atoms with Crippen molar-refractivity contribution >= 4 is 5.91 Å². The molecule has 118 valence electrons. The fraction of sp³-hybridized carbons (Fsp3) is 0.412. The molecule has 1 aromatic carbocycles. The fourth-order valence-corrected chi connectivity index (χ4v) is 2.24. The van der Waals surface area contributed by atoms with Crippen molar-refractivity contribution in [2.75, 3.05) is 13.2 Å². The van der Waals surface area contributed by atoms with Gasteiger partial charge in [-0.25, -0.2) is 4.98 Å². The second-order valence-electron chi connectivity index (χ2n) is 5.40. The molecule has 0 radical (unpaired) electrons. The molecule has 1 aromatic heterocycles. The molecule has 1 N–H and O–H groups in total. The maximum Gasteiger partial charge on any atom is 0.251 e. The van der Waals surface area contributed by atoms with Crippen LogP contribution in [0.1, 0.15) is 30.0 Å². The molecule has 1 amide bonds. The molecule has 1 atom stereocenters. The van der Waals surface area contributed by atoms with Gasteiger partial charge in [0.25, 0.3) is 5.91 Å². The number of nitrogens with zero attached hydrogens (tertiary/aromatic N) is 2. The Balaban J connectivity index is 1.82. The van der Waals surface area contributed by atoms with E-state index in [-0.39, 0.29) is 5.91 Å². The minimum absolute atomic E-state index is 0.0581. The van der Waals surface area contributed by atoms with Gasteiger partial charge in [-0.15, -0.1) is 0 Å². The Labute approximate surface area is 131 Å². The number of nitrogens with one attached hydrogen (secondary N) is 1. The van der Waals surface area contributed by atoms with E-state index in [4.69, 9.17) is 4.74 Å². The largest absolute Gasteiger partial charge is 0.494 e. The molecule has 5 nitrogen and oxygen atoms in total. The highest BCUT2D eigenvalue weighted by molar-refractivity contribution is 5.94. The number of carbonyl (C=O) groups excluding carboxylic acids is 1. The minimum atomic E-state index is -0.0581. The van der Waals surface area contributed by atoms with Gasteiger partial charge in [0.1, 0.15) is 11.6 Å². The van der Waals surface area contributed by atoms with Crippen molar-refractivity contribution in [3.8, 4) is 5.75 Å². The molecule has 0 fully saturated rings. The van der Waals surface area contributed by atoms with E-state index in [0.717, 1.165) is 18.1 Å². The van der Waals surface area contributed by atoms with Crippen molar-refractivity contribution in [1.29, 1.82) is 0 Å². The summed E-state index contributed by atoms with van der Waals surface area (Å²) in [7, 11) is 0. The van der Waals surface area contributed by atoms with E-state index >= 15 is 0 Å². The molecule has 0 aliphatic carbocycles. The molecule has 0 spiro atoms. The summed E-state index contributed by atoms with van der Waals surface area (Å²) in [6.07, 6.45) is 3.75. The summed E-state index contributed by atoms with van der Waals surface area (Å²) in [6.45, 7) is 8.11. The molecule has 2 rings (SSSR count). The van der Waals surface area contributed by atoms with Crippen LogP contribution >= 0.6 is 0 Å². The zero-order valence-electron chi connectivity index (χ0n) is 13.4. The number of hydrogen-bond acceptors (Lipinski definition) is 3. The topological polar surface area (TPSA) is 56.1 Å². The summed E-state index contributed by atoms with van der Waals surface area (Å²) in [5, 5.41) is 2.97. The van der Waals surface area contributed by atoms with Crippen LogP contribution in [0, 0.1) is 12.8 Å². The Kier molecular flexibility index (Phi) is 5.58. The highest BCUT2D eigenvalue weighted by atomic mass is 16.5. The first-order valence-corrected chi connectivity index (χ1v) is 7.59. The van der Waals surface area contributed by atoms with Crippen LogP contribution < -0.4 is 10.1 Å². The maximum absolute atomic E-state index is 12.1. The van der Waals surface area contributed by atoms with Crippen LogP contribution in [0.25, 0.3) is 0 Å². The number of aromatic nitrogens is 2. The van der Waals surface area contributed by atoms with Gasteiger partial charge in [-0.3, -0.25) is 4.79 Å². The molecule has 0 aliphatic heterocycles. The number of ether oxygens (including phenoxy) is 1. The van der Waals surface area contributed by atoms with Crippen LogP contribution in [0.3, 0.4) is 0 Å². The van der Waals surface area contributed by atoms with E-state index in [1.165, 1.54) is 0 Å². The van der Waals surface area contributed by atoms with Gasteiger partial charge in [0.05, 0.1) is 6.61 Å². The first-order chi connectivity index (χ1) is 10.6. The van der Waals surface area contributed by atoms with Gasteiger partial charge in [0.15, 0.2) is 0 Å². The van der Waals surface area contributed by atoms with E-state index in [9.17, 15) is 4.79 Å². The Hall–Kier alpha value is -2.30. The van der Waals surface area contributed by atoms with Crippen LogP contribution in [-0.4, -0.2) is 28.6 Å². The lowest BCUT2D eigenvalue weighted by atomic mass is 10.1. The number of imidazole rings is 1. The lowest BCUT2D eigenvalue weighted by Gasteiger charge is -2.14. The molecular formula is C17H23N3O2. The number of hydrogen-bond donors (Lipinski definition) is 1. The number of benzene rings is 1. The lowest BCUT2D eigenvalue weighted by molar-refractivity contribution is 0.0947. The van der Waals surface area contributed by atoms with Gasteiger partial charge in [0.2, 0.25) is 0 Å². The summed E-state index contributed by atoms with van der Waals surface area (Å²) in [5.41, 5.74) is 0.648. The van der Waals surface area contributed by atoms with Crippen molar-refractivity contribution in [3.05, 3.63) is 48.0 Å². The average Bonchev–Trinajstić information content (AvgIpc) is 2.91. The molecule has 5 heteroatoms. The van der Waals surface area contributed by atoms with Crippen molar-refractivity contribution in [3.63, 3.8) is 0 Å². The predicted octanol–water partition coefficient (Wildman–Crippen LogP) is 2.66. The van der Waals surface area contributed by atoms with E-state index in [0.29, 0.717) is 24.6 Å². The number of amides is 1. The van der Waals surface area contributed by atoms with E-state index in [1.807, 2.05) is 32.2 Å². The third-order valence-electron chi connectivity index (χ3n) is 3.47. The Morgan fingerprint density at radius 2 is 2.09 bits per heavy atom. The van der Waals surface area contributed by atoms with Crippen LogP contribution in [0.2, 0.25) is 0 Å². The van der Waals surface area contributed by atoms with E-state index in [1.54, 1.807) is 18.3 Å². The number of aryl methyl sites for hydroxylation is 1. The molecule has 0 saturated carbocycles. The summed E-state index contributed by atoms with van der Waals surface area (Å²) < 4.78 is 7.46.